The molecule has 19 heavy (non-hydrogen) atoms. The number of aromatic nitrogens is 1. The third kappa shape index (κ3) is 6.56. The van der Waals surface area contributed by atoms with Crippen LogP contribution >= 0.6 is 11.8 Å². The van der Waals surface area contributed by atoms with Crippen molar-refractivity contribution in [1.82, 2.24) is 10.3 Å². The van der Waals surface area contributed by atoms with Crippen LogP contribution in [0.5, 0.6) is 0 Å². The third-order valence-electron chi connectivity index (χ3n) is 2.42. The second kappa shape index (κ2) is 9.77. The van der Waals surface area contributed by atoms with Crippen molar-refractivity contribution in [2.24, 2.45) is 0 Å². The Hall–Kier alpha value is -1.11. The zero-order valence-electron chi connectivity index (χ0n) is 11.1. The van der Waals surface area contributed by atoms with E-state index in [4.69, 9.17) is 5.11 Å². The second-order valence-corrected chi connectivity index (χ2v) is 5.12. The Balaban J connectivity index is 2.18. The summed E-state index contributed by atoms with van der Waals surface area (Å²) < 4.78 is 4.61. The van der Waals surface area contributed by atoms with Crippen molar-refractivity contribution in [3.05, 3.63) is 29.6 Å². The molecule has 1 aromatic heterocycles. The molecule has 0 unspecified atom stereocenters. The zero-order chi connectivity index (χ0) is 13.9. The number of carbonyl (C=O) groups is 1. The molecule has 1 heterocycles. The van der Waals surface area contributed by atoms with Crippen molar-refractivity contribution in [1.29, 1.82) is 0 Å². The standard InChI is InChI=1S/C13H20N2O3S/c1-18-13(17)11-3-4-12(15-9-11)10-14-5-8-19-7-2-6-16/h3-4,9,14,16H,2,5-8,10H2,1H3. The van der Waals surface area contributed by atoms with Crippen molar-refractivity contribution in [3.8, 4) is 0 Å². The summed E-state index contributed by atoms with van der Waals surface area (Å²) in [5.74, 6) is 1.64. The average Bonchev–Trinajstić information content (AvgIpc) is 2.46. The molecule has 0 aliphatic rings. The monoisotopic (exact) mass is 284 g/mol. The molecule has 0 atom stereocenters. The zero-order valence-corrected chi connectivity index (χ0v) is 11.9. The lowest BCUT2D eigenvalue weighted by Crippen LogP contribution is -2.17. The lowest BCUT2D eigenvalue weighted by molar-refractivity contribution is 0.0600. The molecule has 2 N–H and O–H groups in total. The minimum atomic E-state index is -0.368. The topological polar surface area (TPSA) is 71.5 Å². The maximum Gasteiger partial charge on any atom is 0.339 e. The Labute approximate surface area is 117 Å². The van der Waals surface area contributed by atoms with Gasteiger partial charge < -0.3 is 15.2 Å². The fraction of sp³-hybridized carbons (Fsp3) is 0.538. The van der Waals surface area contributed by atoms with Crippen molar-refractivity contribution in [2.75, 3.05) is 31.8 Å². The van der Waals surface area contributed by atoms with Crippen LogP contribution in [-0.4, -0.2) is 47.8 Å². The molecule has 1 aromatic rings. The van der Waals surface area contributed by atoms with Gasteiger partial charge in [-0.2, -0.15) is 11.8 Å². The predicted octanol–water partition coefficient (Wildman–Crippen LogP) is 1.07. The maximum absolute atomic E-state index is 11.2. The molecular weight excluding hydrogens is 264 g/mol. The van der Waals surface area contributed by atoms with Crippen LogP contribution in [0.4, 0.5) is 0 Å². The number of aliphatic hydroxyl groups is 1. The van der Waals surface area contributed by atoms with Crippen molar-refractivity contribution < 1.29 is 14.6 Å². The Bertz CT molecular complexity index is 371. The first-order valence-electron chi connectivity index (χ1n) is 6.20. The van der Waals surface area contributed by atoms with E-state index < -0.39 is 0 Å². The molecule has 0 radical (unpaired) electrons. The van der Waals surface area contributed by atoms with E-state index in [-0.39, 0.29) is 12.6 Å². The summed E-state index contributed by atoms with van der Waals surface area (Å²) in [5.41, 5.74) is 1.36. The van der Waals surface area contributed by atoms with Gasteiger partial charge in [0.1, 0.15) is 0 Å². The molecule has 0 aliphatic carbocycles. The first kappa shape index (κ1) is 15.9. The SMILES string of the molecule is COC(=O)c1ccc(CNCCSCCCO)nc1. The van der Waals surface area contributed by atoms with Gasteiger partial charge in [-0.15, -0.1) is 0 Å². The molecule has 6 heteroatoms. The van der Waals surface area contributed by atoms with Crippen molar-refractivity contribution >= 4 is 17.7 Å². The van der Waals surface area contributed by atoms with E-state index in [0.717, 1.165) is 30.2 Å². The number of methoxy groups -OCH3 is 1. The Morgan fingerprint density at radius 1 is 1.47 bits per heavy atom. The lowest BCUT2D eigenvalue weighted by Gasteiger charge is -2.05. The van der Waals surface area contributed by atoms with E-state index >= 15 is 0 Å². The van der Waals surface area contributed by atoms with Crippen LogP contribution in [0.15, 0.2) is 18.3 Å². The number of esters is 1. The van der Waals surface area contributed by atoms with E-state index in [1.165, 1.54) is 13.3 Å². The fourth-order valence-corrected chi connectivity index (χ4v) is 2.22. The summed E-state index contributed by atoms with van der Waals surface area (Å²) in [7, 11) is 1.35. The van der Waals surface area contributed by atoms with Gasteiger partial charge in [0.2, 0.25) is 0 Å². The quantitative estimate of drug-likeness (QED) is 0.522. The van der Waals surface area contributed by atoms with E-state index in [1.54, 1.807) is 6.07 Å². The van der Waals surface area contributed by atoms with Gasteiger partial charge in [0, 0.05) is 31.6 Å². The summed E-state index contributed by atoms with van der Waals surface area (Å²) in [6, 6.07) is 3.53. The molecule has 0 bridgehead atoms. The average molecular weight is 284 g/mol. The van der Waals surface area contributed by atoms with Crippen LogP contribution in [0.3, 0.4) is 0 Å². The first-order chi connectivity index (χ1) is 9.27. The highest BCUT2D eigenvalue weighted by molar-refractivity contribution is 7.99. The van der Waals surface area contributed by atoms with Gasteiger partial charge in [0.15, 0.2) is 0 Å². The minimum absolute atomic E-state index is 0.261. The van der Waals surface area contributed by atoms with Gasteiger partial charge in [0.25, 0.3) is 0 Å². The molecule has 0 saturated carbocycles. The van der Waals surface area contributed by atoms with E-state index in [2.05, 4.69) is 15.0 Å². The molecule has 0 fully saturated rings. The van der Waals surface area contributed by atoms with Crippen LogP contribution < -0.4 is 5.32 Å². The summed E-state index contributed by atoms with van der Waals surface area (Å²) in [5, 5.41) is 11.9. The predicted molar refractivity (Wildman–Crippen MR) is 76.3 cm³/mol. The molecule has 0 aromatic carbocycles. The smallest absolute Gasteiger partial charge is 0.339 e. The number of pyridine rings is 1. The summed E-state index contributed by atoms with van der Waals surface area (Å²) in [6.07, 6.45) is 2.38. The summed E-state index contributed by atoms with van der Waals surface area (Å²) in [4.78, 5) is 15.4. The number of ether oxygens (including phenoxy) is 1. The van der Waals surface area contributed by atoms with Gasteiger partial charge in [-0.1, -0.05) is 0 Å². The van der Waals surface area contributed by atoms with Gasteiger partial charge in [-0.25, -0.2) is 4.79 Å². The van der Waals surface area contributed by atoms with Crippen LogP contribution in [-0.2, 0) is 11.3 Å². The minimum Gasteiger partial charge on any atom is -0.465 e. The highest BCUT2D eigenvalue weighted by Crippen LogP contribution is 2.03. The molecule has 0 amide bonds. The molecular formula is C13H20N2O3S. The first-order valence-corrected chi connectivity index (χ1v) is 7.36. The largest absolute Gasteiger partial charge is 0.465 e. The van der Waals surface area contributed by atoms with Gasteiger partial charge in [-0.3, -0.25) is 4.98 Å². The number of carbonyl (C=O) groups excluding carboxylic acids is 1. The van der Waals surface area contributed by atoms with E-state index in [0.29, 0.717) is 12.1 Å². The Morgan fingerprint density at radius 3 is 2.95 bits per heavy atom. The molecule has 1 rings (SSSR count). The number of rotatable bonds is 9. The summed E-state index contributed by atoms with van der Waals surface area (Å²) in [6.45, 7) is 1.84. The number of nitrogens with zero attached hydrogens (tertiary/aromatic N) is 1. The molecule has 0 saturated heterocycles. The number of nitrogens with one attached hydrogen (secondary N) is 1. The normalized spacial score (nSPS) is 10.4. The van der Waals surface area contributed by atoms with Crippen LogP contribution in [0, 0.1) is 0 Å². The van der Waals surface area contributed by atoms with Crippen molar-refractivity contribution in [2.45, 2.75) is 13.0 Å². The van der Waals surface area contributed by atoms with Crippen molar-refractivity contribution in [3.63, 3.8) is 0 Å². The fourth-order valence-electron chi connectivity index (χ4n) is 1.40. The highest BCUT2D eigenvalue weighted by Gasteiger charge is 2.04. The van der Waals surface area contributed by atoms with Gasteiger partial charge >= 0.3 is 5.97 Å². The van der Waals surface area contributed by atoms with Gasteiger partial charge in [0.05, 0.1) is 18.4 Å². The van der Waals surface area contributed by atoms with Gasteiger partial charge in [-0.05, 0) is 24.3 Å². The summed E-state index contributed by atoms with van der Waals surface area (Å²) >= 11 is 1.82. The Morgan fingerprint density at radius 2 is 2.32 bits per heavy atom. The number of thioether (sulfide) groups is 1. The Kier molecular flexibility index (Phi) is 8.20. The van der Waals surface area contributed by atoms with E-state index in [1.807, 2.05) is 17.8 Å². The van der Waals surface area contributed by atoms with Crippen LogP contribution in [0.2, 0.25) is 0 Å². The third-order valence-corrected chi connectivity index (χ3v) is 3.49. The van der Waals surface area contributed by atoms with Crippen LogP contribution in [0.1, 0.15) is 22.5 Å². The molecule has 106 valence electrons. The number of aliphatic hydroxyl groups excluding tert-OH is 1. The van der Waals surface area contributed by atoms with Crippen LogP contribution in [0.25, 0.3) is 0 Å². The molecule has 0 aliphatic heterocycles. The molecule has 0 spiro atoms. The second-order valence-electron chi connectivity index (χ2n) is 3.90. The molecule has 5 nitrogen and oxygen atoms in total. The lowest BCUT2D eigenvalue weighted by atomic mass is 10.2. The maximum atomic E-state index is 11.2. The highest BCUT2D eigenvalue weighted by atomic mass is 32.2. The number of hydrogen-bond acceptors (Lipinski definition) is 6. The number of hydrogen-bond donors (Lipinski definition) is 2. The van der Waals surface area contributed by atoms with E-state index in [9.17, 15) is 4.79 Å².